The number of Topliss-reactive ketones (excluding diaryl/α,β-unsaturated/α-hetero) is 1. The van der Waals surface area contributed by atoms with Gasteiger partial charge in [0.25, 0.3) is 0 Å². The van der Waals surface area contributed by atoms with E-state index >= 15 is 0 Å². The highest BCUT2D eigenvalue weighted by atomic mass is 16.5. The Balaban J connectivity index is 1.52. The van der Waals surface area contributed by atoms with Gasteiger partial charge in [-0.2, -0.15) is 0 Å². The average Bonchev–Trinajstić information content (AvgIpc) is 2.65. The number of hydrogen-bond acceptors (Lipinski definition) is 4. The molecule has 0 atom stereocenters. The van der Waals surface area contributed by atoms with Crippen LogP contribution in [0.25, 0.3) is 21.7 Å². The molecule has 1 aromatic heterocycles. The summed E-state index contributed by atoms with van der Waals surface area (Å²) < 4.78 is 10.7. The molecule has 0 aliphatic carbocycles. The third-order valence-electron chi connectivity index (χ3n) is 4.03. The van der Waals surface area contributed by atoms with Crippen molar-refractivity contribution < 1.29 is 13.9 Å². The van der Waals surface area contributed by atoms with Crippen LogP contribution in [0.5, 0.6) is 5.75 Å². The summed E-state index contributed by atoms with van der Waals surface area (Å²) in [6.45, 7) is -0.0549. The summed E-state index contributed by atoms with van der Waals surface area (Å²) in [6.07, 6.45) is 0. The van der Waals surface area contributed by atoms with E-state index in [-0.39, 0.29) is 12.4 Å². The second kappa shape index (κ2) is 6.24. The number of ether oxygens (including phenoxy) is 1. The number of carbonyl (C=O) groups excluding carboxylic acids is 1. The maximum absolute atomic E-state index is 12.4. The first-order valence-electron chi connectivity index (χ1n) is 7.88. The van der Waals surface area contributed by atoms with Crippen molar-refractivity contribution in [1.82, 2.24) is 0 Å². The highest BCUT2D eigenvalue weighted by Gasteiger charge is 2.08. The number of fused-ring (bicyclic) bond motifs is 2. The van der Waals surface area contributed by atoms with Gasteiger partial charge in [0.2, 0.25) is 0 Å². The summed E-state index contributed by atoms with van der Waals surface area (Å²) in [5, 5.41) is 2.86. The molecule has 0 spiro atoms. The lowest BCUT2D eigenvalue weighted by Gasteiger charge is -2.07. The molecule has 4 rings (SSSR count). The fourth-order valence-corrected chi connectivity index (χ4v) is 2.73. The highest BCUT2D eigenvalue weighted by molar-refractivity contribution is 6.00. The Kier molecular flexibility index (Phi) is 3.78. The van der Waals surface area contributed by atoms with Crippen molar-refractivity contribution in [3.63, 3.8) is 0 Å². The Morgan fingerprint density at radius 3 is 2.52 bits per heavy atom. The average molecular weight is 330 g/mol. The van der Waals surface area contributed by atoms with Crippen LogP contribution in [0.4, 0.5) is 0 Å². The van der Waals surface area contributed by atoms with Crippen molar-refractivity contribution in [3.8, 4) is 5.75 Å². The van der Waals surface area contributed by atoms with E-state index in [9.17, 15) is 9.59 Å². The lowest BCUT2D eigenvalue weighted by Crippen LogP contribution is -2.11. The number of hydrogen-bond donors (Lipinski definition) is 0. The van der Waals surface area contributed by atoms with Crippen LogP contribution < -0.4 is 10.4 Å². The Morgan fingerprint density at radius 2 is 1.64 bits per heavy atom. The Morgan fingerprint density at radius 1 is 0.840 bits per heavy atom. The molecule has 0 radical (unpaired) electrons. The van der Waals surface area contributed by atoms with Crippen LogP contribution in [0.2, 0.25) is 0 Å². The van der Waals surface area contributed by atoms with Crippen LogP contribution in [0.3, 0.4) is 0 Å². The van der Waals surface area contributed by atoms with Crippen LogP contribution in [-0.4, -0.2) is 12.4 Å². The maximum atomic E-state index is 12.4. The van der Waals surface area contributed by atoms with Gasteiger partial charge in [-0.15, -0.1) is 0 Å². The molecule has 0 aliphatic rings. The lowest BCUT2D eigenvalue weighted by molar-refractivity contribution is 0.0922. The normalized spacial score (nSPS) is 10.9. The quantitative estimate of drug-likeness (QED) is 0.415. The number of ketones is 1. The topological polar surface area (TPSA) is 56.5 Å². The first kappa shape index (κ1) is 15.1. The summed E-state index contributed by atoms with van der Waals surface area (Å²) in [7, 11) is 0. The second-order valence-corrected chi connectivity index (χ2v) is 5.73. The third kappa shape index (κ3) is 3.15. The van der Waals surface area contributed by atoms with Crippen LogP contribution in [0, 0.1) is 0 Å². The summed E-state index contributed by atoms with van der Waals surface area (Å²) in [6, 6.07) is 21.6. The van der Waals surface area contributed by atoms with Crippen molar-refractivity contribution in [2.24, 2.45) is 0 Å². The van der Waals surface area contributed by atoms with Crippen LogP contribution in [-0.2, 0) is 0 Å². The lowest BCUT2D eigenvalue weighted by atomic mass is 10.0. The molecule has 4 nitrogen and oxygen atoms in total. The molecule has 0 saturated carbocycles. The molecule has 0 fully saturated rings. The molecule has 25 heavy (non-hydrogen) atoms. The van der Waals surface area contributed by atoms with Crippen molar-refractivity contribution in [2.75, 3.05) is 6.61 Å². The first-order valence-corrected chi connectivity index (χ1v) is 7.88. The minimum Gasteiger partial charge on any atom is -0.485 e. The van der Waals surface area contributed by atoms with Crippen LogP contribution >= 0.6 is 0 Å². The van der Waals surface area contributed by atoms with Crippen LogP contribution in [0.1, 0.15) is 10.4 Å². The molecule has 4 aromatic rings. The number of rotatable bonds is 4. The Hall–Kier alpha value is -3.40. The van der Waals surface area contributed by atoms with Gasteiger partial charge in [-0.1, -0.05) is 36.4 Å². The second-order valence-electron chi connectivity index (χ2n) is 5.73. The molecule has 0 bridgehead atoms. The monoisotopic (exact) mass is 330 g/mol. The van der Waals surface area contributed by atoms with Gasteiger partial charge in [-0.05, 0) is 41.1 Å². The minimum absolute atomic E-state index is 0.0549. The van der Waals surface area contributed by atoms with Gasteiger partial charge in [0, 0.05) is 17.0 Å². The van der Waals surface area contributed by atoms with Gasteiger partial charge in [-0.25, -0.2) is 4.79 Å². The van der Waals surface area contributed by atoms with E-state index in [0.717, 1.165) is 16.2 Å². The van der Waals surface area contributed by atoms with Gasteiger partial charge in [-0.3, -0.25) is 4.79 Å². The SMILES string of the molecule is O=C(COc1ccc2oc(=O)ccc2c1)c1ccc2ccccc2c1. The molecule has 0 N–H and O–H groups in total. The molecule has 4 heteroatoms. The van der Waals surface area contributed by atoms with E-state index < -0.39 is 5.63 Å². The molecule has 0 aliphatic heterocycles. The fraction of sp³-hybridized carbons (Fsp3) is 0.0476. The molecule has 0 saturated heterocycles. The van der Waals surface area contributed by atoms with Crippen LogP contribution in [0.15, 0.2) is 82.0 Å². The fourth-order valence-electron chi connectivity index (χ4n) is 2.73. The van der Waals surface area contributed by atoms with Gasteiger partial charge in [0.05, 0.1) is 0 Å². The molecular weight excluding hydrogens is 316 g/mol. The number of benzene rings is 3. The van der Waals surface area contributed by atoms with Gasteiger partial charge in [0.1, 0.15) is 11.3 Å². The Labute approximate surface area is 143 Å². The smallest absolute Gasteiger partial charge is 0.336 e. The molecular formula is C21H14O4. The zero-order valence-electron chi connectivity index (χ0n) is 13.3. The van der Waals surface area contributed by atoms with Gasteiger partial charge < -0.3 is 9.15 Å². The zero-order valence-corrected chi connectivity index (χ0v) is 13.3. The third-order valence-corrected chi connectivity index (χ3v) is 4.03. The highest BCUT2D eigenvalue weighted by Crippen LogP contribution is 2.20. The van der Waals surface area contributed by atoms with Crippen molar-refractivity contribution in [3.05, 3.63) is 88.8 Å². The van der Waals surface area contributed by atoms with E-state index in [2.05, 4.69) is 0 Å². The predicted molar refractivity (Wildman–Crippen MR) is 96.3 cm³/mol. The van der Waals surface area contributed by atoms with Gasteiger partial charge in [0.15, 0.2) is 12.4 Å². The summed E-state index contributed by atoms with van der Waals surface area (Å²) in [4.78, 5) is 23.6. The van der Waals surface area contributed by atoms with E-state index in [0.29, 0.717) is 16.9 Å². The zero-order chi connectivity index (χ0) is 17.2. The van der Waals surface area contributed by atoms with E-state index in [1.54, 1.807) is 24.3 Å². The largest absolute Gasteiger partial charge is 0.485 e. The van der Waals surface area contributed by atoms with Crippen molar-refractivity contribution in [1.29, 1.82) is 0 Å². The molecule has 0 amide bonds. The Bertz CT molecular complexity index is 1140. The summed E-state index contributed by atoms with van der Waals surface area (Å²) in [5.41, 5.74) is 0.707. The standard InChI is InChI=1S/C21H14O4/c22-19(16-6-5-14-3-1-2-4-15(14)11-16)13-24-18-8-9-20-17(12-18)7-10-21(23)25-20/h1-12H,13H2. The van der Waals surface area contributed by atoms with E-state index in [1.165, 1.54) is 6.07 Å². The summed E-state index contributed by atoms with van der Waals surface area (Å²) in [5.74, 6) is 0.459. The van der Waals surface area contributed by atoms with E-state index in [1.807, 2.05) is 42.5 Å². The molecule has 122 valence electrons. The van der Waals surface area contributed by atoms with E-state index in [4.69, 9.17) is 9.15 Å². The minimum atomic E-state index is -0.396. The van der Waals surface area contributed by atoms with Crippen molar-refractivity contribution in [2.45, 2.75) is 0 Å². The number of carbonyl (C=O) groups is 1. The first-order chi connectivity index (χ1) is 12.2. The molecule has 0 unspecified atom stereocenters. The van der Waals surface area contributed by atoms with Gasteiger partial charge >= 0.3 is 5.63 Å². The predicted octanol–water partition coefficient (Wildman–Crippen LogP) is 4.21. The maximum Gasteiger partial charge on any atom is 0.336 e. The summed E-state index contributed by atoms with van der Waals surface area (Å²) >= 11 is 0. The van der Waals surface area contributed by atoms with Crippen molar-refractivity contribution >= 4 is 27.5 Å². The molecule has 3 aromatic carbocycles. The molecule has 1 heterocycles.